The van der Waals surface area contributed by atoms with Gasteiger partial charge < -0.3 is 10.1 Å². The van der Waals surface area contributed by atoms with Gasteiger partial charge in [0.1, 0.15) is 12.4 Å². The Labute approximate surface area is 128 Å². The molecule has 21 heavy (non-hydrogen) atoms. The lowest BCUT2D eigenvalue weighted by molar-refractivity contribution is 0.222. The normalized spacial score (nSPS) is 21.6. The fraction of sp³-hybridized carbons (Fsp3) is 0.667. The van der Waals surface area contributed by atoms with E-state index in [2.05, 4.69) is 48.3 Å². The van der Waals surface area contributed by atoms with Crippen LogP contribution in [0.3, 0.4) is 0 Å². The van der Waals surface area contributed by atoms with E-state index in [1.54, 1.807) is 0 Å². The smallest absolute Gasteiger partial charge is 0.119 e. The largest absolute Gasteiger partial charge is 0.492 e. The average Bonchev–Trinajstić information content (AvgIpc) is 3.21. The van der Waals surface area contributed by atoms with E-state index in [1.165, 1.54) is 37.9 Å². The number of hydrogen-bond acceptors (Lipinski definition) is 3. The Kier molecular flexibility index (Phi) is 4.51. The van der Waals surface area contributed by atoms with Gasteiger partial charge in [-0.2, -0.15) is 0 Å². The van der Waals surface area contributed by atoms with E-state index >= 15 is 0 Å². The third-order valence-corrected chi connectivity index (χ3v) is 4.50. The molecule has 0 aromatic heterocycles. The van der Waals surface area contributed by atoms with E-state index < -0.39 is 0 Å². The molecule has 3 heteroatoms. The van der Waals surface area contributed by atoms with E-state index in [9.17, 15) is 0 Å². The summed E-state index contributed by atoms with van der Waals surface area (Å²) in [6, 6.07) is 9.26. The minimum Gasteiger partial charge on any atom is -0.492 e. The first-order valence-electron chi connectivity index (χ1n) is 8.28. The van der Waals surface area contributed by atoms with Gasteiger partial charge in [0, 0.05) is 25.7 Å². The molecule has 0 bridgehead atoms. The van der Waals surface area contributed by atoms with Gasteiger partial charge in [0.2, 0.25) is 0 Å². The minimum atomic E-state index is 0.481. The number of nitrogens with zero attached hydrogens (tertiary/aromatic N) is 1. The summed E-state index contributed by atoms with van der Waals surface area (Å²) in [6.45, 7) is 9.89. The van der Waals surface area contributed by atoms with Gasteiger partial charge in [-0.1, -0.05) is 26.0 Å². The first-order chi connectivity index (χ1) is 10.1. The second kappa shape index (κ2) is 6.37. The first-order valence-corrected chi connectivity index (χ1v) is 8.28. The molecular weight excluding hydrogens is 260 g/mol. The van der Waals surface area contributed by atoms with Crippen LogP contribution in [0.15, 0.2) is 24.3 Å². The van der Waals surface area contributed by atoms with Gasteiger partial charge in [0.05, 0.1) is 0 Å². The van der Waals surface area contributed by atoms with E-state index in [-0.39, 0.29) is 0 Å². The average molecular weight is 288 g/mol. The summed E-state index contributed by atoms with van der Waals surface area (Å²) < 4.78 is 5.93. The van der Waals surface area contributed by atoms with Crippen molar-refractivity contribution in [1.29, 1.82) is 0 Å². The summed E-state index contributed by atoms with van der Waals surface area (Å²) in [4.78, 5) is 2.51. The Bertz CT molecular complexity index is 468. The maximum Gasteiger partial charge on any atom is 0.119 e. The monoisotopic (exact) mass is 288 g/mol. The lowest BCUT2D eigenvalue weighted by Crippen LogP contribution is -2.27. The zero-order valence-corrected chi connectivity index (χ0v) is 13.4. The molecule has 1 aromatic rings. The highest BCUT2D eigenvalue weighted by Crippen LogP contribution is 2.28. The molecule has 0 atom stereocenters. The Morgan fingerprint density at radius 2 is 2.19 bits per heavy atom. The summed E-state index contributed by atoms with van der Waals surface area (Å²) in [7, 11) is 0. The van der Waals surface area contributed by atoms with Crippen molar-refractivity contribution >= 4 is 0 Å². The summed E-state index contributed by atoms with van der Waals surface area (Å²) in [5.74, 6) is 1.00. The van der Waals surface area contributed by atoms with E-state index in [4.69, 9.17) is 4.74 Å². The standard InChI is InChI=1S/C18H28N2O/c1-18(2)8-9-20(14-18)10-11-21-17-5-3-4-15(12-17)13-19-16-6-7-16/h3-5,12,16,19H,6-11,13-14H2,1-2H3. The Morgan fingerprint density at radius 3 is 2.90 bits per heavy atom. The molecular formula is C18H28N2O. The third-order valence-electron chi connectivity index (χ3n) is 4.50. The number of likely N-dealkylation sites (tertiary alicyclic amines) is 1. The predicted octanol–water partition coefficient (Wildman–Crippen LogP) is 3.05. The van der Waals surface area contributed by atoms with Crippen LogP contribution in [0.1, 0.15) is 38.7 Å². The molecule has 1 saturated heterocycles. The first kappa shape index (κ1) is 14.9. The van der Waals surface area contributed by atoms with Crippen molar-refractivity contribution in [3.63, 3.8) is 0 Å². The minimum absolute atomic E-state index is 0.481. The molecule has 1 N–H and O–H groups in total. The van der Waals surface area contributed by atoms with Crippen molar-refractivity contribution in [3.8, 4) is 5.75 Å². The highest BCUT2D eigenvalue weighted by Gasteiger charge is 2.28. The second-order valence-electron chi connectivity index (χ2n) is 7.34. The molecule has 0 unspecified atom stereocenters. The van der Waals surface area contributed by atoms with Crippen LogP contribution in [0.25, 0.3) is 0 Å². The molecule has 0 radical (unpaired) electrons. The van der Waals surface area contributed by atoms with E-state index in [1.807, 2.05) is 0 Å². The van der Waals surface area contributed by atoms with Crippen LogP contribution >= 0.6 is 0 Å². The molecule has 3 rings (SSSR count). The molecule has 1 aliphatic heterocycles. The van der Waals surface area contributed by atoms with Gasteiger partial charge in [-0.05, 0) is 48.9 Å². The van der Waals surface area contributed by atoms with Gasteiger partial charge in [0.25, 0.3) is 0 Å². The Hall–Kier alpha value is -1.06. The van der Waals surface area contributed by atoms with Crippen LogP contribution in [-0.4, -0.2) is 37.2 Å². The molecule has 1 aromatic carbocycles. The zero-order chi connectivity index (χ0) is 14.7. The number of benzene rings is 1. The highest BCUT2D eigenvalue weighted by molar-refractivity contribution is 5.28. The molecule has 2 aliphatic rings. The summed E-state index contributed by atoms with van der Waals surface area (Å²) in [6.07, 6.45) is 3.97. The van der Waals surface area contributed by atoms with Gasteiger partial charge in [0.15, 0.2) is 0 Å². The Morgan fingerprint density at radius 1 is 1.33 bits per heavy atom. The van der Waals surface area contributed by atoms with Crippen molar-refractivity contribution < 1.29 is 4.74 Å². The molecule has 0 amide bonds. The number of hydrogen-bond donors (Lipinski definition) is 1. The van der Waals surface area contributed by atoms with Crippen LogP contribution in [-0.2, 0) is 6.54 Å². The van der Waals surface area contributed by atoms with Gasteiger partial charge in [-0.3, -0.25) is 4.90 Å². The van der Waals surface area contributed by atoms with Crippen molar-refractivity contribution in [3.05, 3.63) is 29.8 Å². The second-order valence-corrected chi connectivity index (χ2v) is 7.34. The van der Waals surface area contributed by atoms with Gasteiger partial charge >= 0.3 is 0 Å². The Balaban J connectivity index is 1.41. The molecule has 1 aliphatic carbocycles. The van der Waals surface area contributed by atoms with E-state index in [0.717, 1.165) is 31.5 Å². The predicted molar refractivity (Wildman–Crippen MR) is 86.6 cm³/mol. The number of ether oxygens (including phenoxy) is 1. The van der Waals surface area contributed by atoms with Crippen molar-refractivity contribution in [1.82, 2.24) is 10.2 Å². The van der Waals surface area contributed by atoms with Gasteiger partial charge in [-0.25, -0.2) is 0 Å². The summed E-state index contributed by atoms with van der Waals surface area (Å²) in [5.41, 5.74) is 1.80. The highest BCUT2D eigenvalue weighted by atomic mass is 16.5. The lowest BCUT2D eigenvalue weighted by atomic mass is 9.93. The summed E-state index contributed by atoms with van der Waals surface area (Å²) in [5, 5.41) is 3.55. The fourth-order valence-electron chi connectivity index (χ4n) is 3.00. The topological polar surface area (TPSA) is 24.5 Å². The van der Waals surface area contributed by atoms with Crippen LogP contribution in [0.4, 0.5) is 0 Å². The maximum absolute atomic E-state index is 5.93. The van der Waals surface area contributed by atoms with Crippen LogP contribution < -0.4 is 10.1 Å². The summed E-state index contributed by atoms with van der Waals surface area (Å²) >= 11 is 0. The van der Waals surface area contributed by atoms with Crippen molar-refractivity contribution in [2.45, 2.75) is 45.7 Å². The number of nitrogens with one attached hydrogen (secondary N) is 1. The van der Waals surface area contributed by atoms with Gasteiger partial charge in [-0.15, -0.1) is 0 Å². The third kappa shape index (κ3) is 4.72. The molecule has 116 valence electrons. The van der Waals surface area contributed by atoms with Crippen LogP contribution in [0, 0.1) is 5.41 Å². The quantitative estimate of drug-likeness (QED) is 0.834. The SMILES string of the molecule is CC1(C)CCN(CCOc2cccc(CNC3CC3)c2)C1. The molecule has 1 heterocycles. The molecule has 2 fully saturated rings. The van der Waals surface area contributed by atoms with Crippen molar-refractivity contribution in [2.75, 3.05) is 26.2 Å². The van der Waals surface area contributed by atoms with Crippen LogP contribution in [0.5, 0.6) is 5.75 Å². The van der Waals surface area contributed by atoms with Crippen LogP contribution in [0.2, 0.25) is 0 Å². The lowest BCUT2D eigenvalue weighted by Gasteiger charge is -2.19. The number of rotatable bonds is 7. The molecule has 0 spiro atoms. The zero-order valence-electron chi connectivity index (χ0n) is 13.4. The fourth-order valence-corrected chi connectivity index (χ4v) is 3.00. The van der Waals surface area contributed by atoms with Crippen molar-refractivity contribution in [2.24, 2.45) is 5.41 Å². The maximum atomic E-state index is 5.93. The molecule has 1 saturated carbocycles. The molecule has 3 nitrogen and oxygen atoms in total. The van der Waals surface area contributed by atoms with E-state index in [0.29, 0.717) is 5.41 Å².